The van der Waals surface area contributed by atoms with E-state index in [1.54, 1.807) is 36.4 Å². The number of ether oxygens (including phenoxy) is 2. The Balaban J connectivity index is 1.30. The van der Waals surface area contributed by atoms with E-state index in [1.165, 1.54) is 30.3 Å². The monoisotopic (exact) mass is 485 g/mol. The van der Waals surface area contributed by atoms with E-state index in [9.17, 15) is 14.4 Å². The van der Waals surface area contributed by atoms with Crippen LogP contribution in [-0.4, -0.2) is 30.4 Å². The fourth-order valence-corrected chi connectivity index (χ4v) is 3.54. The SMILES string of the molecule is O=C(NNC(=O)C1COc2ccccc2O1)c1ccc(NC(=O)c2cc(Cl)cc(Cl)c2)cc1. The molecule has 1 unspecified atom stereocenters. The maximum Gasteiger partial charge on any atom is 0.283 e. The van der Waals surface area contributed by atoms with E-state index >= 15 is 0 Å². The molecule has 1 aliphatic heterocycles. The van der Waals surface area contributed by atoms with Crippen LogP contribution < -0.4 is 25.6 Å². The van der Waals surface area contributed by atoms with Crippen molar-refractivity contribution in [2.24, 2.45) is 0 Å². The molecule has 8 nitrogen and oxygen atoms in total. The number of nitrogens with one attached hydrogen (secondary N) is 3. The van der Waals surface area contributed by atoms with Crippen molar-refractivity contribution in [1.29, 1.82) is 0 Å². The molecule has 0 radical (unpaired) electrons. The molecule has 3 aromatic rings. The summed E-state index contributed by atoms with van der Waals surface area (Å²) in [4.78, 5) is 37.0. The zero-order valence-corrected chi connectivity index (χ0v) is 18.4. The second-order valence-electron chi connectivity index (χ2n) is 7.00. The molecule has 33 heavy (non-hydrogen) atoms. The summed E-state index contributed by atoms with van der Waals surface area (Å²) in [6, 6.07) is 17.6. The second-order valence-corrected chi connectivity index (χ2v) is 7.87. The zero-order chi connectivity index (χ0) is 23.4. The number of hydrogen-bond donors (Lipinski definition) is 3. The third-order valence-electron chi connectivity index (χ3n) is 4.63. The van der Waals surface area contributed by atoms with Gasteiger partial charge < -0.3 is 14.8 Å². The number of carbonyl (C=O) groups excluding carboxylic acids is 3. The first-order valence-corrected chi connectivity index (χ1v) is 10.5. The van der Waals surface area contributed by atoms with Crippen molar-refractivity contribution < 1.29 is 23.9 Å². The molecule has 0 bridgehead atoms. The van der Waals surface area contributed by atoms with Crippen LogP contribution in [0.2, 0.25) is 10.0 Å². The lowest BCUT2D eigenvalue weighted by molar-refractivity contribution is -0.131. The number of benzene rings is 3. The summed E-state index contributed by atoms with van der Waals surface area (Å²) in [5.74, 6) is -0.494. The van der Waals surface area contributed by atoms with Crippen LogP contribution in [0.25, 0.3) is 0 Å². The van der Waals surface area contributed by atoms with E-state index in [4.69, 9.17) is 32.7 Å². The highest BCUT2D eigenvalue weighted by Crippen LogP contribution is 2.30. The fourth-order valence-electron chi connectivity index (χ4n) is 3.01. The minimum Gasteiger partial charge on any atom is -0.485 e. The average molecular weight is 486 g/mol. The smallest absolute Gasteiger partial charge is 0.283 e. The Labute approximate surface area is 198 Å². The number of anilines is 1. The molecule has 0 fully saturated rings. The molecule has 1 heterocycles. The van der Waals surface area contributed by atoms with Crippen molar-refractivity contribution in [1.82, 2.24) is 10.9 Å². The summed E-state index contributed by atoms with van der Waals surface area (Å²) in [6.45, 7) is 0.0188. The van der Waals surface area contributed by atoms with Crippen molar-refractivity contribution in [3.8, 4) is 11.5 Å². The minimum atomic E-state index is -0.905. The largest absolute Gasteiger partial charge is 0.485 e. The first-order chi connectivity index (χ1) is 15.9. The minimum absolute atomic E-state index is 0.0188. The van der Waals surface area contributed by atoms with E-state index in [2.05, 4.69) is 16.2 Å². The topological polar surface area (TPSA) is 106 Å². The number of halogens is 2. The third kappa shape index (κ3) is 5.54. The molecule has 3 amide bonds. The number of amides is 3. The Hall–Kier alpha value is -3.75. The maximum absolute atomic E-state index is 12.4. The normalized spacial score (nSPS) is 14.2. The molecule has 4 rings (SSSR count). The van der Waals surface area contributed by atoms with Gasteiger partial charge in [-0.1, -0.05) is 35.3 Å². The van der Waals surface area contributed by atoms with Gasteiger partial charge in [0.2, 0.25) is 6.10 Å². The van der Waals surface area contributed by atoms with Crippen molar-refractivity contribution in [2.75, 3.05) is 11.9 Å². The Morgan fingerprint density at radius 1 is 0.788 bits per heavy atom. The lowest BCUT2D eigenvalue weighted by Crippen LogP contribution is -2.50. The third-order valence-corrected chi connectivity index (χ3v) is 5.07. The summed E-state index contributed by atoms with van der Waals surface area (Å²) in [5, 5.41) is 3.38. The highest BCUT2D eigenvalue weighted by atomic mass is 35.5. The maximum atomic E-state index is 12.4. The Morgan fingerprint density at radius 3 is 2.15 bits per heavy atom. The van der Waals surface area contributed by atoms with Crippen molar-refractivity contribution >= 4 is 46.6 Å². The van der Waals surface area contributed by atoms with Gasteiger partial charge in [0.15, 0.2) is 11.5 Å². The fraction of sp³-hybridized carbons (Fsp3) is 0.0870. The molecule has 168 valence electrons. The molecule has 0 aliphatic carbocycles. The predicted octanol–water partition coefficient (Wildman–Crippen LogP) is 3.85. The van der Waals surface area contributed by atoms with Gasteiger partial charge in [-0.2, -0.15) is 0 Å². The van der Waals surface area contributed by atoms with E-state index in [0.29, 0.717) is 32.8 Å². The Kier molecular flexibility index (Phi) is 6.67. The van der Waals surface area contributed by atoms with Crippen LogP contribution in [0.3, 0.4) is 0 Å². The number of rotatable bonds is 4. The van der Waals surface area contributed by atoms with Gasteiger partial charge in [-0.25, -0.2) is 0 Å². The van der Waals surface area contributed by atoms with Gasteiger partial charge >= 0.3 is 0 Å². The summed E-state index contributed by atoms with van der Waals surface area (Å²) in [7, 11) is 0. The Bertz CT molecular complexity index is 1200. The van der Waals surface area contributed by atoms with Gasteiger partial charge in [-0.3, -0.25) is 25.2 Å². The van der Waals surface area contributed by atoms with Crippen LogP contribution in [0.15, 0.2) is 66.7 Å². The van der Waals surface area contributed by atoms with Gasteiger partial charge in [0.05, 0.1) is 0 Å². The lowest BCUT2D eigenvalue weighted by Gasteiger charge is -2.25. The summed E-state index contributed by atoms with van der Waals surface area (Å²) in [5.41, 5.74) is 5.68. The van der Waals surface area contributed by atoms with Crippen LogP contribution in [0.5, 0.6) is 11.5 Å². The van der Waals surface area contributed by atoms with Gasteiger partial charge in [0.25, 0.3) is 17.7 Å². The number of hydrazine groups is 1. The second kappa shape index (κ2) is 9.81. The van der Waals surface area contributed by atoms with Gasteiger partial charge in [0.1, 0.15) is 6.61 Å². The van der Waals surface area contributed by atoms with Crippen molar-refractivity contribution in [3.63, 3.8) is 0 Å². The van der Waals surface area contributed by atoms with Crippen LogP contribution >= 0.6 is 23.2 Å². The molecular formula is C23H17Cl2N3O5. The van der Waals surface area contributed by atoms with E-state index < -0.39 is 23.8 Å². The number of para-hydroxylation sites is 2. The number of fused-ring (bicyclic) bond motifs is 1. The number of hydrogen-bond acceptors (Lipinski definition) is 5. The lowest BCUT2D eigenvalue weighted by atomic mass is 10.1. The molecule has 1 aliphatic rings. The number of carbonyl (C=O) groups is 3. The summed E-state index contributed by atoms with van der Waals surface area (Å²) < 4.78 is 11.1. The van der Waals surface area contributed by atoms with Crippen LogP contribution in [0.4, 0.5) is 5.69 Å². The molecule has 10 heteroatoms. The standard InChI is InChI=1S/C23H17Cl2N3O5/c24-15-9-14(10-16(25)11-15)21(29)26-17-7-5-13(6-8-17)22(30)27-28-23(31)20-12-32-18-3-1-2-4-19(18)33-20/h1-11,20H,12H2,(H,26,29)(H,27,30)(H,28,31). The highest BCUT2D eigenvalue weighted by Gasteiger charge is 2.27. The van der Waals surface area contributed by atoms with E-state index in [0.717, 1.165) is 0 Å². The molecule has 3 N–H and O–H groups in total. The van der Waals surface area contributed by atoms with Crippen LogP contribution in [0.1, 0.15) is 20.7 Å². The molecule has 0 saturated carbocycles. The van der Waals surface area contributed by atoms with Crippen molar-refractivity contribution in [2.45, 2.75) is 6.10 Å². The van der Waals surface area contributed by atoms with Crippen molar-refractivity contribution in [3.05, 3.63) is 87.9 Å². The van der Waals surface area contributed by atoms with E-state index in [1.807, 2.05) is 0 Å². The molecule has 0 aromatic heterocycles. The first kappa shape index (κ1) is 22.4. The first-order valence-electron chi connectivity index (χ1n) is 9.75. The van der Waals surface area contributed by atoms with Gasteiger partial charge in [0, 0.05) is 26.9 Å². The quantitative estimate of drug-likeness (QED) is 0.486. The molecule has 1 atom stereocenters. The molecule has 3 aromatic carbocycles. The molecular weight excluding hydrogens is 469 g/mol. The van der Waals surface area contributed by atoms with Crippen LogP contribution in [-0.2, 0) is 4.79 Å². The molecule has 0 saturated heterocycles. The van der Waals surface area contributed by atoms with Gasteiger partial charge in [-0.05, 0) is 54.6 Å². The Morgan fingerprint density at radius 2 is 1.45 bits per heavy atom. The van der Waals surface area contributed by atoms with Crippen LogP contribution in [0, 0.1) is 0 Å². The summed E-state index contributed by atoms with van der Waals surface area (Å²) >= 11 is 11.8. The van der Waals surface area contributed by atoms with Gasteiger partial charge in [-0.15, -0.1) is 0 Å². The summed E-state index contributed by atoms with van der Waals surface area (Å²) in [6.07, 6.45) is -0.905. The predicted molar refractivity (Wildman–Crippen MR) is 123 cm³/mol. The average Bonchev–Trinajstić information content (AvgIpc) is 2.81. The van der Waals surface area contributed by atoms with E-state index in [-0.39, 0.29) is 12.2 Å². The molecule has 0 spiro atoms. The zero-order valence-electron chi connectivity index (χ0n) is 16.9. The highest BCUT2D eigenvalue weighted by molar-refractivity contribution is 6.35.